The minimum atomic E-state index is -0.581. The van der Waals surface area contributed by atoms with Crippen molar-refractivity contribution >= 4 is 27.3 Å². The van der Waals surface area contributed by atoms with Crippen LogP contribution in [-0.2, 0) is 6.54 Å². The van der Waals surface area contributed by atoms with Gasteiger partial charge in [-0.15, -0.1) is 0 Å². The van der Waals surface area contributed by atoms with Gasteiger partial charge in [0.05, 0.1) is 15.9 Å². The van der Waals surface area contributed by atoms with E-state index in [2.05, 4.69) is 20.9 Å². The monoisotopic (exact) mass is 340 g/mol. The average Bonchev–Trinajstić information content (AvgIpc) is 2.35. The van der Waals surface area contributed by atoms with E-state index in [1.165, 1.54) is 29.0 Å². The van der Waals surface area contributed by atoms with Crippen molar-refractivity contribution in [3.05, 3.63) is 65.4 Å². The highest BCUT2D eigenvalue weighted by Crippen LogP contribution is 2.22. The third-order valence-corrected chi connectivity index (χ3v) is 3.17. The number of aromatic nitrogens is 2. The van der Waals surface area contributed by atoms with Gasteiger partial charge in [-0.3, -0.25) is 24.5 Å². The molecule has 0 radical (unpaired) electrons. The predicted molar refractivity (Wildman–Crippen MR) is 75.6 cm³/mol. The van der Waals surface area contributed by atoms with Crippen LogP contribution in [0.2, 0.25) is 0 Å². The van der Waals surface area contributed by atoms with Crippen molar-refractivity contribution in [3.63, 3.8) is 0 Å². The molecule has 3 N–H and O–H groups in total. The maximum Gasteiger partial charge on any atom is 0.328 e. The number of benzene rings is 1. The van der Waals surface area contributed by atoms with Gasteiger partial charge in [0.1, 0.15) is 5.69 Å². The molecule has 0 unspecified atom stereocenters. The van der Waals surface area contributed by atoms with Crippen LogP contribution in [-0.4, -0.2) is 14.5 Å². The lowest BCUT2D eigenvalue weighted by Crippen LogP contribution is -2.30. The predicted octanol–water partition coefficient (Wildman–Crippen LogP) is 0.838. The maximum absolute atomic E-state index is 11.6. The zero-order chi connectivity index (χ0) is 14.9. The second kappa shape index (κ2) is 5.29. The van der Waals surface area contributed by atoms with E-state index in [4.69, 9.17) is 5.73 Å². The van der Waals surface area contributed by atoms with Gasteiger partial charge in [-0.25, -0.2) is 4.79 Å². The Morgan fingerprint density at radius 3 is 2.70 bits per heavy atom. The first-order chi connectivity index (χ1) is 9.38. The Morgan fingerprint density at radius 2 is 2.10 bits per heavy atom. The molecule has 2 rings (SSSR count). The highest BCUT2D eigenvalue weighted by atomic mass is 79.9. The molecule has 0 aliphatic heterocycles. The number of nitrogens with one attached hydrogen (secondary N) is 1. The molecule has 0 fully saturated rings. The highest BCUT2D eigenvalue weighted by molar-refractivity contribution is 9.10. The maximum atomic E-state index is 11.6. The summed E-state index contributed by atoms with van der Waals surface area (Å²) in [5, 5.41) is 10.7. The molecule has 20 heavy (non-hydrogen) atoms. The molecule has 0 aliphatic rings. The van der Waals surface area contributed by atoms with Crippen LogP contribution in [0.25, 0.3) is 0 Å². The van der Waals surface area contributed by atoms with Gasteiger partial charge in [0.25, 0.3) is 11.2 Å². The van der Waals surface area contributed by atoms with Gasteiger partial charge in [-0.2, -0.15) is 0 Å². The summed E-state index contributed by atoms with van der Waals surface area (Å²) in [6, 6.07) is 4.19. The molecule has 1 aromatic carbocycles. The smallest absolute Gasteiger partial charge is 0.328 e. The van der Waals surface area contributed by atoms with Gasteiger partial charge in [0.15, 0.2) is 0 Å². The molecule has 9 heteroatoms. The normalized spacial score (nSPS) is 10.4. The Kier molecular flexibility index (Phi) is 3.70. The van der Waals surface area contributed by atoms with Crippen LogP contribution in [0, 0.1) is 10.1 Å². The van der Waals surface area contributed by atoms with Gasteiger partial charge in [-0.05, 0) is 27.6 Å². The lowest BCUT2D eigenvalue weighted by Gasteiger charge is -2.06. The second-order valence-electron chi connectivity index (χ2n) is 4.01. The molecule has 2 aromatic rings. The largest absolute Gasteiger partial charge is 0.393 e. The van der Waals surface area contributed by atoms with Gasteiger partial charge >= 0.3 is 5.69 Å². The Bertz CT molecular complexity index is 796. The number of H-pyrrole nitrogens is 1. The van der Waals surface area contributed by atoms with Crippen molar-refractivity contribution in [2.24, 2.45) is 0 Å². The van der Waals surface area contributed by atoms with E-state index in [0.717, 1.165) is 0 Å². The average molecular weight is 341 g/mol. The summed E-state index contributed by atoms with van der Waals surface area (Å²) in [7, 11) is 0. The Hall–Kier alpha value is -2.42. The molecule has 0 aliphatic carbocycles. The van der Waals surface area contributed by atoms with Crippen LogP contribution in [0.3, 0.4) is 0 Å². The zero-order valence-electron chi connectivity index (χ0n) is 10.00. The van der Waals surface area contributed by atoms with Crippen LogP contribution in [0.15, 0.2) is 38.5 Å². The highest BCUT2D eigenvalue weighted by Gasteiger charge is 2.11. The fourth-order valence-electron chi connectivity index (χ4n) is 1.67. The number of rotatable bonds is 3. The number of halogens is 1. The molecule has 0 atom stereocenters. The number of nitrogens with two attached hydrogens (primary N) is 1. The summed E-state index contributed by atoms with van der Waals surface area (Å²) in [4.78, 5) is 35.0. The number of nitro benzene ring substituents is 1. The minimum Gasteiger partial charge on any atom is -0.393 e. The van der Waals surface area contributed by atoms with Crippen LogP contribution < -0.4 is 17.0 Å². The number of hydrogen-bond acceptors (Lipinski definition) is 5. The van der Waals surface area contributed by atoms with Crippen molar-refractivity contribution in [3.8, 4) is 0 Å². The molecule has 0 spiro atoms. The van der Waals surface area contributed by atoms with Gasteiger partial charge in [0.2, 0.25) is 0 Å². The van der Waals surface area contributed by atoms with Crippen molar-refractivity contribution in [1.29, 1.82) is 0 Å². The first kappa shape index (κ1) is 14.0. The summed E-state index contributed by atoms with van der Waals surface area (Å²) < 4.78 is 1.47. The third-order valence-electron chi connectivity index (χ3n) is 2.61. The first-order valence-electron chi connectivity index (χ1n) is 5.40. The standard InChI is InChI=1S/C11H9BrN4O4/c12-7-5-15(11(18)14-10(7)17)4-6-1-2-9(16(19)20)8(13)3-6/h1-3,5H,4,13H2,(H,14,17,18). The van der Waals surface area contributed by atoms with Crippen LogP contribution in [0.4, 0.5) is 11.4 Å². The van der Waals surface area contributed by atoms with E-state index in [-0.39, 0.29) is 22.4 Å². The van der Waals surface area contributed by atoms with Gasteiger partial charge in [0, 0.05) is 12.3 Å². The van der Waals surface area contributed by atoms with Crippen molar-refractivity contribution < 1.29 is 4.92 Å². The number of nitrogen functional groups attached to an aromatic ring is 1. The molecule has 0 saturated carbocycles. The molecule has 1 heterocycles. The van der Waals surface area contributed by atoms with E-state index >= 15 is 0 Å². The molecule has 8 nitrogen and oxygen atoms in total. The SMILES string of the molecule is Nc1cc(Cn2cc(Br)c(=O)[nH]c2=O)ccc1[N+](=O)[O-]. The molecular formula is C11H9BrN4O4. The fourth-order valence-corrected chi connectivity index (χ4v) is 2.01. The van der Waals surface area contributed by atoms with Crippen molar-refractivity contribution in [2.45, 2.75) is 6.54 Å². The summed E-state index contributed by atoms with van der Waals surface area (Å²) in [6.07, 6.45) is 1.35. The van der Waals surface area contributed by atoms with Crippen LogP contribution in [0.5, 0.6) is 0 Å². The van der Waals surface area contributed by atoms with Crippen LogP contribution >= 0.6 is 15.9 Å². The molecular weight excluding hydrogens is 332 g/mol. The minimum absolute atomic E-state index is 0.0176. The molecule has 0 bridgehead atoms. The third kappa shape index (κ3) is 2.77. The van der Waals surface area contributed by atoms with Crippen LogP contribution in [0.1, 0.15) is 5.56 Å². The topological polar surface area (TPSA) is 124 Å². The molecule has 104 valence electrons. The summed E-state index contributed by atoms with van der Waals surface area (Å²) >= 11 is 3.02. The van der Waals surface area contributed by atoms with E-state index in [0.29, 0.717) is 5.56 Å². The number of nitrogens with zero attached hydrogens (tertiary/aromatic N) is 2. The Balaban J connectivity index is 2.38. The molecule has 0 amide bonds. The Morgan fingerprint density at radius 1 is 1.40 bits per heavy atom. The molecule has 1 aromatic heterocycles. The summed E-state index contributed by atoms with van der Waals surface area (Å²) in [5.41, 5.74) is 4.91. The van der Waals surface area contributed by atoms with Crippen molar-refractivity contribution in [2.75, 3.05) is 5.73 Å². The lowest BCUT2D eigenvalue weighted by molar-refractivity contribution is -0.383. The second-order valence-corrected chi connectivity index (χ2v) is 4.87. The van der Waals surface area contributed by atoms with E-state index in [1.807, 2.05) is 0 Å². The first-order valence-corrected chi connectivity index (χ1v) is 6.20. The summed E-state index contributed by atoms with van der Waals surface area (Å²) in [5.74, 6) is 0. The van der Waals surface area contributed by atoms with Crippen molar-refractivity contribution in [1.82, 2.24) is 9.55 Å². The summed E-state index contributed by atoms with van der Waals surface area (Å²) in [6.45, 7) is 0.135. The number of nitro groups is 1. The Labute approximate surface area is 120 Å². The van der Waals surface area contributed by atoms with Gasteiger partial charge in [-0.1, -0.05) is 6.07 Å². The van der Waals surface area contributed by atoms with E-state index < -0.39 is 16.2 Å². The van der Waals surface area contributed by atoms with E-state index in [9.17, 15) is 19.7 Å². The number of anilines is 1. The lowest BCUT2D eigenvalue weighted by atomic mass is 10.1. The van der Waals surface area contributed by atoms with Gasteiger partial charge < -0.3 is 5.73 Å². The number of aromatic amines is 1. The fraction of sp³-hybridized carbons (Fsp3) is 0.0909. The number of hydrogen-bond donors (Lipinski definition) is 2. The zero-order valence-corrected chi connectivity index (χ0v) is 11.6. The molecule has 0 saturated heterocycles. The van der Waals surface area contributed by atoms with E-state index in [1.54, 1.807) is 0 Å². The quantitative estimate of drug-likeness (QED) is 0.486.